The van der Waals surface area contributed by atoms with Crippen molar-refractivity contribution >= 4 is 49.0 Å². The summed E-state index contributed by atoms with van der Waals surface area (Å²) in [5.74, 6) is -1.30. The van der Waals surface area contributed by atoms with Crippen molar-refractivity contribution in [1.82, 2.24) is 0 Å². The van der Waals surface area contributed by atoms with Crippen LogP contribution in [-0.2, 0) is 20.4 Å². The van der Waals surface area contributed by atoms with Crippen molar-refractivity contribution in [1.29, 1.82) is 0 Å². The fraction of sp³-hybridized carbons (Fsp3) is 0.130. The van der Waals surface area contributed by atoms with Crippen LogP contribution in [-0.4, -0.2) is 25.2 Å². The zero-order valence-corrected chi connectivity index (χ0v) is 19.3. The second-order valence-corrected chi connectivity index (χ2v) is 10.2. The maximum Gasteiger partial charge on any atom is 0.261 e. The molecule has 1 amide bonds. The summed E-state index contributed by atoms with van der Waals surface area (Å²) in [6.07, 6.45) is -0.550. The van der Waals surface area contributed by atoms with E-state index in [9.17, 15) is 23.1 Å². The zero-order chi connectivity index (χ0) is 23.1. The maximum absolute atomic E-state index is 13.1. The maximum atomic E-state index is 13.1. The molecule has 7 nitrogen and oxygen atoms in total. The number of sulfonamides is 1. The van der Waals surface area contributed by atoms with Gasteiger partial charge in [0.25, 0.3) is 15.9 Å². The van der Waals surface area contributed by atoms with E-state index >= 15 is 0 Å². The van der Waals surface area contributed by atoms with Crippen LogP contribution in [0.15, 0.2) is 76.1 Å². The van der Waals surface area contributed by atoms with E-state index in [2.05, 4.69) is 26.0 Å². The number of ketones is 1. The number of carbonyl (C=O) groups excluding carboxylic acids is 2. The summed E-state index contributed by atoms with van der Waals surface area (Å²) in [6, 6.07) is 17.3. The SMILES string of the molecule is Cc1ccc(S(=O)(=O)Nc2ccccc2C(=O)CC2(O)C(=O)Nc3ccc(Br)cc32)cc1. The van der Waals surface area contributed by atoms with Crippen LogP contribution in [0.5, 0.6) is 0 Å². The average molecular weight is 515 g/mol. The summed E-state index contributed by atoms with van der Waals surface area (Å²) < 4.78 is 28.7. The molecule has 1 aliphatic rings. The molecule has 0 aromatic heterocycles. The number of nitrogens with one attached hydrogen (secondary N) is 2. The monoisotopic (exact) mass is 514 g/mol. The number of rotatable bonds is 6. The van der Waals surface area contributed by atoms with E-state index in [0.29, 0.717) is 10.2 Å². The lowest BCUT2D eigenvalue weighted by atomic mass is 9.88. The number of amides is 1. The van der Waals surface area contributed by atoms with Gasteiger partial charge in [0.2, 0.25) is 0 Å². The number of aryl methyl sites for hydroxylation is 1. The van der Waals surface area contributed by atoms with E-state index in [1.165, 1.54) is 24.3 Å². The molecule has 3 aromatic carbocycles. The number of aliphatic hydroxyl groups is 1. The topological polar surface area (TPSA) is 113 Å². The van der Waals surface area contributed by atoms with Crippen molar-refractivity contribution in [2.75, 3.05) is 10.0 Å². The van der Waals surface area contributed by atoms with Crippen molar-refractivity contribution in [3.8, 4) is 0 Å². The number of hydrogen-bond acceptors (Lipinski definition) is 5. The van der Waals surface area contributed by atoms with Crippen LogP contribution in [0.2, 0.25) is 0 Å². The van der Waals surface area contributed by atoms with E-state index in [-0.39, 0.29) is 21.7 Å². The van der Waals surface area contributed by atoms with E-state index < -0.39 is 33.7 Å². The molecule has 0 saturated heterocycles. The minimum absolute atomic E-state index is 0.0489. The second kappa shape index (κ2) is 8.16. The average Bonchev–Trinajstić information content (AvgIpc) is 2.98. The Kier molecular flexibility index (Phi) is 5.66. The summed E-state index contributed by atoms with van der Waals surface area (Å²) in [4.78, 5) is 25.7. The lowest BCUT2D eigenvalue weighted by Gasteiger charge is -2.21. The van der Waals surface area contributed by atoms with Gasteiger partial charge in [-0.25, -0.2) is 8.42 Å². The minimum atomic E-state index is -3.94. The quantitative estimate of drug-likeness (QED) is 0.430. The molecule has 0 spiro atoms. The second-order valence-electron chi connectivity index (χ2n) is 7.57. The molecule has 1 unspecified atom stereocenters. The van der Waals surface area contributed by atoms with Crippen LogP contribution >= 0.6 is 15.9 Å². The van der Waals surface area contributed by atoms with Gasteiger partial charge in [-0.05, 0) is 49.4 Å². The van der Waals surface area contributed by atoms with Crippen LogP contribution in [0.4, 0.5) is 11.4 Å². The van der Waals surface area contributed by atoms with Gasteiger partial charge in [-0.15, -0.1) is 0 Å². The minimum Gasteiger partial charge on any atom is -0.375 e. The van der Waals surface area contributed by atoms with Crippen LogP contribution < -0.4 is 10.0 Å². The molecule has 1 atom stereocenters. The first-order chi connectivity index (χ1) is 15.1. The van der Waals surface area contributed by atoms with E-state index in [0.717, 1.165) is 5.56 Å². The van der Waals surface area contributed by atoms with E-state index in [1.54, 1.807) is 42.5 Å². The third-order valence-corrected chi connectivity index (χ3v) is 7.15. The Hall–Kier alpha value is -3.01. The number of para-hydroxylation sites is 1. The normalized spacial score (nSPS) is 17.5. The lowest BCUT2D eigenvalue weighted by molar-refractivity contribution is -0.133. The molecule has 0 bridgehead atoms. The Morgan fingerprint density at radius 2 is 1.78 bits per heavy atom. The molecule has 3 N–H and O–H groups in total. The van der Waals surface area contributed by atoms with Gasteiger partial charge in [0.15, 0.2) is 11.4 Å². The summed E-state index contributed by atoms with van der Waals surface area (Å²) in [6.45, 7) is 1.85. The number of carbonyl (C=O) groups is 2. The third-order valence-electron chi connectivity index (χ3n) is 5.27. The Balaban J connectivity index is 1.65. The molecule has 164 valence electrons. The molecule has 32 heavy (non-hydrogen) atoms. The molecule has 0 radical (unpaired) electrons. The number of hydrogen-bond donors (Lipinski definition) is 3. The third kappa shape index (κ3) is 4.06. The number of anilines is 2. The highest BCUT2D eigenvalue weighted by molar-refractivity contribution is 9.10. The molecular weight excluding hydrogens is 496 g/mol. The summed E-state index contributed by atoms with van der Waals surface area (Å²) in [5.41, 5.74) is -0.346. The zero-order valence-electron chi connectivity index (χ0n) is 16.9. The fourth-order valence-electron chi connectivity index (χ4n) is 3.56. The number of fused-ring (bicyclic) bond motifs is 1. The predicted octanol–water partition coefficient (Wildman–Crippen LogP) is 3.97. The van der Waals surface area contributed by atoms with Crippen molar-refractivity contribution < 1.29 is 23.1 Å². The number of benzene rings is 3. The van der Waals surface area contributed by atoms with Crippen LogP contribution in [0.25, 0.3) is 0 Å². The van der Waals surface area contributed by atoms with Gasteiger partial charge < -0.3 is 10.4 Å². The Bertz CT molecular complexity index is 1340. The molecule has 0 saturated carbocycles. The highest BCUT2D eigenvalue weighted by atomic mass is 79.9. The Morgan fingerprint density at radius 1 is 1.09 bits per heavy atom. The predicted molar refractivity (Wildman–Crippen MR) is 124 cm³/mol. The van der Waals surface area contributed by atoms with Crippen LogP contribution in [0.3, 0.4) is 0 Å². The molecule has 4 rings (SSSR count). The molecule has 3 aromatic rings. The van der Waals surface area contributed by atoms with Gasteiger partial charge in [0.1, 0.15) is 0 Å². The first-order valence-electron chi connectivity index (χ1n) is 9.66. The van der Waals surface area contributed by atoms with Crippen molar-refractivity contribution in [2.45, 2.75) is 23.8 Å². The van der Waals surface area contributed by atoms with Crippen LogP contribution in [0, 0.1) is 6.92 Å². The highest BCUT2D eigenvalue weighted by Crippen LogP contribution is 2.40. The van der Waals surface area contributed by atoms with Crippen molar-refractivity contribution in [3.63, 3.8) is 0 Å². The largest absolute Gasteiger partial charge is 0.375 e. The first kappa shape index (κ1) is 22.2. The van der Waals surface area contributed by atoms with E-state index in [1.807, 2.05) is 6.92 Å². The van der Waals surface area contributed by atoms with Gasteiger partial charge in [-0.3, -0.25) is 14.3 Å². The standard InChI is InChI=1S/C23H19BrN2O5S/c1-14-6-9-16(10-7-14)32(30,31)26-19-5-3-2-4-17(19)21(27)13-23(29)18-12-15(24)8-11-20(18)25-22(23)28/h2-12,26,29H,13H2,1H3,(H,25,28). The van der Waals surface area contributed by atoms with Crippen LogP contribution in [0.1, 0.15) is 27.9 Å². The van der Waals surface area contributed by atoms with Crippen molar-refractivity contribution in [2.24, 2.45) is 0 Å². The van der Waals surface area contributed by atoms with Gasteiger partial charge in [0.05, 0.1) is 17.0 Å². The van der Waals surface area contributed by atoms with Gasteiger partial charge in [-0.1, -0.05) is 45.8 Å². The molecule has 1 heterocycles. The van der Waals surface area contributed by atoms with E-state index in [4.69, 9.17) is 0 Å². The molecule has 1 aliphatic heterocycles. The van der Waals surface area contributed by atoms with Gasteiger partial charge in [-0.2, -0.15) is 0 Å². The molecule has 0 fully saturated rings. The lowest BCUT2D eigenvalue weighted by Crippen LogP contribution is -2.36. The molecule has 9 heteroatoms. The summed E-state index contributed by atoms with van der Waals surface area (Å²) in [7, 11) is -3.94. The number of halogens is 1. The fourth-order valence-corrected chi connectivity index (χ4v) is 5.00. The van der Waals surface area contributed by atoms with Gasteiger partial charge >= 0.3 is 0 Å². The Labute approximate surface area is 193 Å². The number of Topliss-reactive ketones (excluding diaryl/α,β-unsaturated/α-hetero) is 1. The van der Waals surface area contributed by atoms with Crippen molar-refractivity contribution in [3.05, 3.63) is 87.9 Å². The summed E-state index contributed by atoms with van der Waals surface area (Å²) >= 11 is 3.31. The Morgan fingerprint density at radius 3 is 2.50 bits per heavy atom. The molecular formula is C23H19BrN2O5S. The summed E-state index contributed by atoms with van der Waals surface area (Å²) in [5, 5.41) is 13.7. The molecule has 0 aliphatic carbocycles. The first-order valence-corrected chi connectivity index (χ1v) is 11.9. The van der Waals surface area contributed by atoms with Gasteiger partial charge in [0, 0.05) is 21.3 Å². The highest BCUT2D eigenvalue weighted by Gasteiger charge is 2.47. The smallest absolute Gasteiger partial charge is 0.261 e.